The molecule has 1 aliphatic rings. The first-order valence-corrected chi connectivity index (χ1v) is 10.3. The van der Waals surface area contributed by atoms with Gasteiger partial charge in [-0.15, -0.1) is 0 Å². The molecule has 0 aliphatic carbocycles. The van der Waals surface area contributed by atoms with Crippen LogP contribution in [0, 0.1) is 6.92 Å². The van der Waals surface area contributed by atoms with Crippen LogP contribution < -0.4 is 10.0 Å². The first kappa shape index (κ1) is 17.8. The van der Waals surface area contributed by atoms with Crippen LogP contribution in [0.1, 0.15) is 23.9 Å². The second-order valence-electron chi connectivity index (χ2n) is 6.90. The number of nitrogens with two attached hydrogens (primary N) is 1. The summed E-state index contributed by atoms with van der Waals surface area (Å²) in [7, 11) is -3.70. The van der Waals surface area contributed by atoms with Gasteiger partial charge in [-0.05, 0) is 56.2 Å². The van der Waals surface area contributed by atoms with Gasteiger partial charge in [-0.1, -0.05) is 18.2 Å². The molecular weight excluding hydrogens is 362 g/mol. The van der Waals surface area contributed by atoms with Crippen molar-refractivity contribution < 1.29 is 12.8 Å². The molecule has 4 rings (SSSR count). The van der Waals surface area contributed by atoms with Gasteiger partial charge in [0.05, 0.1) is 11.4 Å². The third-order valence-electron chi connectivity index (χ3n) is 4.97. The SMILES string of the molecule is Cc1oc(-c2ccccc2)nc1CN1c2ccc(S(N)(=O)=O)cc2C[C@H]1C. The molecular formula is C20H21N3O3S. The number of aryl methyl sites for hydroxylation is 1. The second-order valence-corrected chi connectivity index (χ2v) is 8.47. The fourth-order valence-electron chi connectivity index (χ4n) is 3.53. The summed E-state index contributed by atoms with van der Waals surface area (Å²) in [4.78, 5) is 7.06. The molecule has 0 amide bonds. The average molecular weight is 383 g/mol. The van der Waals surface area contributed by atoms with Gasteiger partial charge in [0.1, 0.15) is 11.5 Å². The quantitative estimate of drug-likeness (QED) is 0.747. The fourth-order valence-corrected chi connectivity index (χ4v) is 4.09. The first-order valence-electron chi connectivity index (χ1n) is 8.77. The molecule has 0 fully saturated rings. The van der Waals surface area contributed by atoms with Crippen molar-refractivity contribution in [1.82, 2.24) is 4.98 Å². The van der Waals surface area contributed by atoms with E-state index in [9.17, 15) is 8.42 Å². The normalized spacial score (nSPS) is 16.6. The smallest absolute Gasteiger partial charge is 0.238 e. The van der Waals surface area contributed by atoms with E-state index in [-0.39, 0.29) is 10.9 Å². The summed E-state index contributed by atoms with van der Waals surface area (Å²) in [5, 5.41) is 5.26. The van der Waals surface area contributed by atoms with Crippen LogP contribution in [-0.2, 0) is 23.0 Å². The number of rotatable bonds is 4. The summed E-state index contributed by atoms with van der Waals surface area (Å²) in [5.41, 5.74) is 3.82. The van der Waals surface area contributed by atoms with Gasteiger partial charge in [-0.2, -0.15) is 0 Å². The van der Waals surface area contributed by atoms with Crippen LogP contribution in [0.5, 0.6) is 0 Å². The Morgan fingerprint density at radius 1 is 1.22 bits per heavy atom. The minimum atomic E-state index is -3.70. The number of hydrogen-bond donors (Lipinski definition) is 1. The molecule has 0 unspecified atom stereocenters. The molecule has 0 radical (unpaired) electrons. The summed E-state index contributed by atoms with van der Waals surface area (Å²) in [6.45, 7) is 4.63. The third kappa shape index (κ3) is 3.36. The van der Waals surface area contributed by atoms with Crippen molar-refractivity contribution in [2.24, 2.45) is 5.14 Å². The van der Waals surface area contributed by atoms with E-state index in [1.165, 1.54) is 0 Å². The molecule has 0 saturated carbocycles. The minimum Gasteiger partial charge on any atom is -0.441 e. The molecule has 0 bridgehead atoms. The average Bonchev–Trinajstić information content (AvgIpc) is 3.15. The highest BCUT2D eigenvalue weighted by molar-refractivity contribution is 7.89. The second kappa shape index (κ2) is 6.51. The number of oxazole rings is 1. The number of hydrogen-bond acceptors (Lipinski definition) is 5. The van der Waals surface area contributed by atoms with Crippen LogP contribution >= 0.6 is 0 Å². The predicted molar refractivity (Wildman–Crippen MR) is 104 cm³/mol. The number of benzene rings is 2. The van der Waals surface area contributed by atoms with E-state index in [0.29, 0.717) is 12.4 Å². The van der Waals surface area contributed by atoms with Crippen molar-refractivity contribution in [3.63, 3.8) is 0 Å². The highest BCUT2D eigenvalue weighted by atomic mass is 32.2. The molecule has 2 aromatic carbocycles. The molecule has 3 aromatic rings. The van der Waals surface area contributed by atoms with Crippen LogP contribution in [0.2, 0.25) is 0 Å². The van der Waals surface area contributed by atoms with E-state index < -0.39 is 10.0 Å². The summed E-state index contributed by atoms with van der Waals surface area (Å²) in [6.07, 6.45) is 0.765. The molecule has 2 heterocycles. The Morgan fingerprint density at radius 3 is 2.67 bits per heavy atom. The van der Waals surface area contributed by atoms with Gasteiger partial charge >= 0.3 is 0 Å². The molecule has 2 N–H and O–H groups in total. The Bertz CT molecular complexity index is 1090. The number of fused-ring (bicyclic) bond motifs is 1. The maximum Gasteiger partial charge on any atom is 0.238 e. The highest BCUT2D eigenvalue weighted by Gasteiger charge is 2.28. The molecule has 1 aromatic heterocycles. The van der Waals surface area contributed by atoms with Gasteiger partial charge in [-0.25, -0.2) is 18.5 Å². The maximum atomic E-state index is 11.6. The molecule has 7 heteroatoms. The van der Waals surface area contributed by atoms with Gasteiger partial charge < -0.3 is 9.32 Å². The minimum absolute atomic E-state index is 0.152. The molecule has 0 saturated heterocycles. The van der Waals surface area contributed by atoms with E-state index in [1.54, 1.807) is 12.1 Å². The monoisotopic (exact) mass is 383 g/mol. The zero-order valence-electron chi connectivity index (χ0n) is 15.2. The number of anilines is 1. The summed E-state index contributed by atoms with van der Waals surface area (Å²) in [5.74, 6) is 1.40. The fraction of sp³-hybridized carbons (Fsp3) is 0.250. The molecule has 1 atom stereocenters. The largest absolute Gasteiger partial charge is 0.441 e. The first-order chi connectivity index (χ1) is 12.8. The van der Waals surface area contributed by atoms with Gasteiger partial charge in [0.2, 0.25) is 15.9 Å². The Hall–Kier alpha value is -2.64. The molecule has 27 heavy (non-hydrogen) atoms. The molecule has 1 aliphatic heterocycles. The number of aromatic nitrogens is 1. The standard InChI is InChI=1S/C20H21N3O3S/c1-13-10-16-11-17(27(21,24)25)8-9-19(16)23(13)12-18-14(2)26-20(22-18)15-6-4-3-5-7-15/h3-9,11,13H,10,12H2,1-2H3,(H2,21,24,25)/t13-/m1/s1. The Kier molecular flexibility index (Phi) is 4.28. The summed E-state index contributed by atoms with van der Waals surface area (Å²) in [6, 6.07) is 15.1. The van der Waals surface area contributed by atoms with Crippen LogP contribution in [0.15, 0.2) is 57.8 Å². The molecule has 140 valence electrons. The Balaban J connectivity index is 1.64. The van der Waals surface area contributed by atoms with Gasteiger partial charge in [0.15, 0.2) is 0 Å². The zero-order valence-corrected chi connectivity index (χ0v) is 16.0. The van der Waals surface area contributed by atoms with Crippen molar-refractivity contribution in [2.45, 2.75) is 37.8 Å². The van der Waals surface area contributed by atoms with E-state index in [4.69, 9.17) is 9.56 Å². The summed E-state index contributed by atoms with van der Waals surface area (Å²) < 4.78 is 29.1. The number of nitrogens with zero attached hydrogens (tertiary/aromatic N) is 2. The molecule has 0 spiro atoms. The van der Waals surface area contributed by atoms with E-state index in [1.807, 2.05) is 43.3 Å². The van der Waals surface area contributed by atoms with Crippen molar-refractivity contribution in [1.29, 1.82) is 0 Å². The number of primary sulfonamides is 1. The van der Waals surface area contributed by atoms with Crippen LogP contribution in [0.4, 0.5) is 5.69 Å². The predicted octanol–water partition coefficient (Wildman–Crippen LogP) is 3.25. The topological polar surface area (TPSA) is 89.4 Å². The lowest BCUT2D eigenvalue weighted by Crippen LogP contribution is -2.29. The van der Waals surface area contributed by atoms with Crippen molar-refractivity contribution in [2.75, 3.05) is 4.90 Å². The van der Waals surface area contributed by atoms with Crippen molar-refractivity contribution in [3.05, 3.63) is 65.5 Å². The van der Waals surface area contributed by atoms with Crippen LogP contribution in [0.3, 0.4) is 0 Å². The van der Waals surface area contributed by atoms with Crippen molar-refractivity contribution in [3.8, 4) is 11.5 Å². The number of sulfonamides is 1. The Morgan fingerprint density at radius 2 is 1.96 bits per heavy atom. The molecule has 6 nitrogen and oxygen atoms in total. The van der Waals surface area contributed by atoms with Crippen LogP contribution in [-0.4, -0.2) is 19.4 Å². The summed E-state index contributed by atoms with van der Waals surface area (Å²) >= 11 is 0. The third-order valence-corrected chi connectivity index (χ3v) is 5.88. The zero-order chi connectivity index (χ0) is 19.2. The van der Waals surface area contributed by atoms with E-state index in [2.05, 4.69) is 16.8 Å². The maximum absolute atomic E-state index is 11.6. The van der Waals surface area contributed by atoms with E-state index in [0.717, 1.165) is 34.7 Å². The lowest BCUT2D eigenvalue weighted by Gasteiger charge is -2.24. The van der Waals surface area contributed by atoms with Gasteiger partial charge in [0, 0.05) is 17.3 Å². The lowest BCUT2D eigenvalue weighted by molar-refractivity contribution is 0.537. The highest BCUT2D eigenvalue weighted by Crippen LogP contribution is 2.35. The van der Waals surface area contributed by atoms with Crippen LogP contribution in [0.25, 0.3) is 11.5 Å². The van der Waals surface area contributed by atoms with Gasteiger partial charge in [-0.3, -0.25) is 0 Å². The van der Waals surface area contributed by atoms with E-state index >= 15 is 0 Å². The van der Waals surface area contributed by atoms with Crippen molar-refractivity contribution >= 4 is 15.7 Å². The van der Waals surface area contributed by atoms with Gasteiger partial charge in [0.25, 0.3) is 0 Å². The lowest BCUT2D eigenvalue weighted by atomic mass is 10.1. The Labute approximate surface area is 158 Å².